The molecule has 0 aromatic rings. The zero-order chi connectivity index (χ0) is 19.9. The third kappa shape index (κ3) is 12.0. The molecule has 0 aliphatic heterocycles. The summed E-state index contributed by atoms with van der Waals surface area (Å²) >= 11 is 0. The van der Waals surface area contributed by atoms with Crippen molar-refractivity contribution in [1.82, 2.24) is 10.6 Å². The maximum atomic E-state index is 12.5. The lowest BCUT2D eigenvalue weighted by Crippen LogP contribution is -2.49. The van der Waals surface area contributed by atoms with Crippen LogP contribution in [0.2, 0.25) is 0 Å². The van der Waals surface area contributed by atoms with Crippen LogP contribution in [0.3, 0.4) is 0 Å². The molecule has 9 heteroatoms. The molecule has 0 bridgehead atoms. The number of ether oxygens (including phenoxy) is 1. The number of rotatable bonds is 13. The molecular formula is C17H30N4O5. The molecule has 0 saturated carbocycles. The van der Waals surface area contributed by atoms with E-state index < -0.39 is 29.9 Å². The molecule has 0 aromatic heterocycles. The Balaban J connectivity index is 4.96. The first-order chi connectivity index (χ1) is 12.3. The molecule has 0 aliphatic rings. The van der Waals surface area contributed by atoms with Crippen molar-refractivity contribution in [3.05, 3.63) is 12.2 Å². The van der Waals surface area contributed by atoms with Crippen molar-refractivity contribution in [1.29, 1.82) is 0 Å². The summed E-state index contributed by atoms with van der Waals surface area (Å²) < 4.78 is 4.79. The standard InChI is InChI=1S/C17H30N4O5/c1-3-26-16(24)10-8-13(7-9-15(19)23)21-17(25)14(20-12(2)22)6-4-5-11-18/h8,10,13-14H,3-7,9,11,18H2,1-2H3,(H2,19,23)(H,20,22)(H,21,25)/b10-8+/t13-,14-/m0/s1. The van der Waals surface area contributed by atoms with Crippen molar-refractivity contribution >= 4 is 23.7 Å². The van der Waals surface area contributed by atoms with E-state index >= 15 is 0 Å². The van der Waals surface area contributed by atoms with Gasteiger partial charge in [-0.25, -0.2) is 4.79 Å². The maximum Gasteiger partial charge on any atom is 0.330 e. The number of primary amides is 1. The molecule has 3 amide bonds. The van der Waals surface area contributed by atoms with Gasteiger partial charge in [-0.15, -0.1) is 0 Å². The summed E-state index contributed by atoms with van der Waals surface area (Å²) in [6.07, 6.45) is 4.76. The molecule has 0 spiro atoms. The van der Waals surface area contributed by atoms with E-state index in [-0.39, 0.29) is 25.4 Å². The molecule has 26 heavy (non-hydrogen) atoms. The van der Waals surface area contributed by atoms with Crippen molar-refractivity contribution in [2.75, 3.05) is 13.2 Å². The van der Waals surface area contributed by atoms with Crippen molar-refractivity contribution in [2.45, 2.75) is 58.0 Å². The highest BCUT2D eigenvalue weighted by molar-refractivity contribution is 5.87. The first kappa shape index (κ1) is 23.6. The predicted octanol–water partition coefficient (Wildman–Crippen LogP) is -0.510. The summed E-state index contributed by atoms with van der Waals surface area (Å²) in [5, 5.41) is 5.31. The van der Waals surface area contributed by atoms with Crippen LogP contribution >= 0.6 is 0 Å². The van der Waals surface area contributed by atoms with Gasteiger partial charge in [0.1, 0.15) is 6.04 Å². The van der Waals surface area contributed by atoms with Gasteiger partial charge in [0.05, 0.1) is 6.61 Å². The predicted molar refractivity (Wildman–Crippen MR) is 96.6 cm³/mol. The number of amides is 3. The number of carbonyl (C=O) groups excluding carboxylic acids is 4. The SMILES string of the molecule is CCOC(=O)/C=C/[C@H](CCC(N)=O)NC(=O)[C@H](CCCCN)NC(C)=O. The normalized spacial score (nSPS) is 13.0. The van der Waals surface area contributed by atoms with E-state index in [0.29, 0.717) is 19.4 Å². The lowest BCUT2D eigenvalue weighted by atomic mass is 10.1. The summed E-state index contributed by atoms with van der Waals surface area (Å²) in [7, 11) is 0. The Morgan fingerprint density at radius 1 is 1.12 bits per heavy atom. The van der Waals surface area contributed by atoms with E-state index in [1.165, 1.54) is 19.1 Å². The molecule has 9 nitrogen and oxygen atoms in total. The zero-order valence-corrected chi connectivity index (χ0v) is 15.5. The quantitative estimate of drug-likeness (QED) is 0.194. The second-order valence-corrected chi connectivity index (χ2v) is 5.77. The van der Waals surface area contributed by atoms with Crippen LogP contribution in [-0.2, 0) is 23.9 Å². The molecule has 0 aromatic carbocycles. The fourth-order valence-electron chi connectivity index (χ4n) is 2.19. The minimum absolute atomic E-state index is 0.0378. The van der Waals surface area contributed by atoms with Gasteiger partial charge in [0.25, 0.3) is 0 Å². The Morgan fingerprint density at radius 3 is 2.35 bits per heavy atom. The number of hydrogen-bond donors (Lipinski definition) is 4. The van der Waals surface area contributed by atoms with Crippen LogP contribution in [-0.4, -0.2) is 48.9 Å². The number of nitrogens with one attached hydrogen (secondary N) is 2. The van der Waals surface area contributed by atoms with Crippen LogP contribution in [0, 0.1) is 0 Å². The number of carbonyl (C=O) groups is 4. The third-order valence-corrected chi connectivity index (χ3v) is 3.42. The van der Waals surface area contributed by atoms with Crippen molar-refractivity contribution in [3.63, 3.8) is 0 Å². The Morgan fingerprint density at radius 2 is 1.81 bits per heavy atom. The smallest absolute Gasteiger partial charge is 0.330 e. The summed E-state index contributed by atoms with van der Waals surface area (Å²) in [5.41, 5.74) is 10.6. The van der Waals surface area contributed by atoms with Gasteiger partial charge in [0, 0.05) is 25.5 Å². The van der Waals surface area contributed by atoms with E-state index in [0.717, 1.165) is 6.42 Å². The fraction of sp³-hybridized carbons (Fsp3) is 0.647. The van der Waals surface area contributed by atoms with E-state index in [9.17, 15) is 19.2 Å². The summed E-state index contributed by atoms with van der Waals surface area (Å²) in [5.74, 6) is -1.80. The molecule has 0 saturated heterocycles. The van der Waals surface area contributed by atoms with E-state index in [2.05, 4.69) is 10.6 Å². The Kier molecular flexibility index (Phi) is 12.5. The highest BCUT2D eigenvalue weighted by Gasteiger charge is 2.21. The lowest BCUT2D eigenvalue weighted by Gasteiger charge is -2.21. The van der Waals surface area contributed by atoms with Gasteiger partial charge in [0.15, 0.2) is 0 Å². The molecule has 0 fully saturated rings. The topological polar surface area (TPSA) is 154 Å². The maximum absolute atomic E-state index is 12.5. The molecule has 0 heterocycles. The Bertz CT molecular complexity index is 507. The van der Waals surface area contributed by atoms with Crippen LogP contribution < -0.4 is 22.1 Å². The minimum Gasteiger partial charge on any atom is -0.463 e. The van der Waals surface area contributed by atoms with Crippen LogP contribution in [0.15, 0.2) is 12.2 Å². The van der Waals surface area contributed by atoms with Crippen LogP contribution in [0.5, 0.6) is 0 Å². The summed E-state index contributed by atoms with van der Waals surface area (Å²) in [6, 6.07) is -1.31. The highest BCUT2D eigenvalue weighted by atomic mass is 16.5. The fourth-order valence-corrected chi connectivity index (χ4v) is 2.19. The Hall–Kier alpha value is -2.42. The van der Waals surface area contributed by atoms with Crippen LogP contribution in [0.25, 0.3) is 0 Å². The summed E-state index contributed by atoms with van der Waals surface area (Å²) in [4.78, 5) is 46.3. The van der Waals surface area contributed by atoms with Crippen molar-refractivity contribution < 1.29 is 23.9 Å². The second kappa shape index (κ2) is 13.8. The zero-order valence-electron chi connectivity index (χ0n) is 15.5. The highest BCUT2D eigenvalue weighted by Crippen LogP contribution is 2.05. The van der Waals surface area contributed by atoms with Gasteiger partial charge >= 0.3 is 5.97 Å². The van der Waals surface area contributed by atoms with Crippen molar-refractivity contribution in [3.8, 4) is 0 Å². The van der Waals surface area contributed by atoms with Gasteiger partial charge in [-0.05, 0) is 39.2 Å². The molecule has 0 aliphatic carbocycles. The van der Waals surface area contributed by atoms with Crippen LogP contribution in [0.4, 0.5) is 0 Å². The molecule has 6 N–H and O–H groups in total. The molecule has 148 valence electrons. The van der Waals surface area contributed by atoms with Crippen LogP contribution in [0.1, 0.15) is 46.0 Å². The number of esters is 1. The number of unbranched alkanes of at least 4 members (excludes halogenated alkanes) is 1. The molecule has 0 rings (SSSR count). The average Bonchev–Trinajstić information content (AvgIpc) is 2.56. The summed E-state index contributed by atoms with van der Waals surface area (Å²) in [6.45, 7) is 3.73. The molecule has 0 unspecified atom stereocenters. The first-order valence-corrected chi connectivity index (χ1v) is 8.70. The van der Waals surface area contributed by atoms with Gasteiger partial charge in [-0.3, -0.25) is 14.4 Å². The van der Waals surface area contributed by atoms with E-state index in [4.69, 9.17) is 16.2 Å². The second-order valence-electron chi connectivity index (χ2n) is 5.77. The van der Waals surface area contributed by atoms with Gasteiger partial charge in [-0.2, -0.15) is 0 Å². The average molecular weight is 370 g/mol. The minimum atomic E-state index is -0.717. The lowest BCUT2D eigenvalue weighted by molar-refractivity contribution is -0.137. The number of hydrogen-bond acceptors (Lipinski definition) is 6. The van der Waals surface area contributed by atoms with Gasteiger partial charge in [-0.1, -0.05) is 6.08 Å². The third-order valence-electron chi connectivity index (χ3n) is 3.42. The monoisotopic (exact) mass is 370 g/mol. The van der Waals surface area contributed by atoms with E-state index in [1.54, 1.807) is 6.92 Å². The van der Waals surface area contributed by atoms with Gasteiger partial charge in [0.2, 0.25) is 17.7 Å². The molecule has 0 radical (unpaired) electrons. The molecule has 2 atom stereocenters. The number of nitrogens with two attached hydrogens (primary N) is 2. The largest absolute Gasteiger partial charge is 0.463 e. The van der Waals surface area contributed by atoms with E-state index in [1.807, 2.05) is 0 Å². The first-order valence-electron chi connectivity index (χ1n) is 8.70. The van der Waals surface area contributed by atoms with Crippen molar-refractivity contribution in [2.24, 2.45) is 11.5 Å². The molecular weight excluding hydrogens is 340 g/mol. The Labute approximate surface area is 153 Å². The van der Waals surface area contributed by atoms with Gasteiger partial charge < -0.3 is 26.8 Å².